The van der Waals surface area contributed by atoms with Crippen LogP contribution in [0.3, 0.4) is 0 Å². The third-order valence-electron chi connectivity index (χ3n) is 3.07. The van der Waals surface area contributed by atoms with E-state index in [0.29, 0.717) is 0 Å². The molecule has 0 aliphatic carbocycles. The lowest BCUT2D eigenvalue weighted by molar-refractivity contribution is 1.30. The predicted octanol–water partition coefficient (Wildman–Crippen LogP) is 2.86. The van der Waals surface area contributed by atoms with Gasteiger partial charge >= 0.3 is 0 Å². The number of hydrogen-bond donors (Lipinski definition) is 0. The standard InChI is InChI=1S/C17H14N2/c1-12-8-9-16-15(10-12)13(2)11-17(19-16)18-14-6-4-3-5-7-14/h3-11H,1H2,2H3. The van der Waals surface area contributed by atoms with E-state index in [1.54, 1.807) is 0 Å². The van der Waals surface area contributed by atoms with Gasteiger partial charge in [-0.05, 0) is 48.1 Å². The number of allylic oxidation sites excluding steroid dienone is 1. The molecular weight excluding hydrogens is 232 g/mol. The van der Waals surface area contributed by atoms with E-state index in [0.717, 1.165) is 27.7 Å². The minimum absolute atomic E-state index is 0.744. The predicted molar refractivity (Wildman–Crippen MR) is 79.9 cm³/mol. The summed E-state index contributed by atoms with van der Waals surface area (Å²) in [6.07, 6.45) is 2.01. The van der Waals surface area contributed by atoms with E-state index in [4.69, 9.17) is 0 Å². The molecule has 0 amide bonds. The normalized spacial score (nSPS) is 15.6. The van der Waals surface area contributed by atoms with Gasteiger partial charge in [0.2, 0.25) is 0 Å². The Balaban J connectivity index is 2.14. The summed E-state index contributed by atoms with van der Waals surface area (Å²) in [4.78, 5) is 9.13. The van der Waals surface area contributed by atoms with Crippen molar-refractivity contribution in [2.24, 2.45) is 9.98 Å². The van der Waals surface area contributed by atoms with E-state index in [1.165, 1.54) is 5.57 Å². The molecule has 2 aromatic carbocycles. The molecule has 0 radical (unpaired) electrons. The third kappa shape index (κ3) is 2.38. The Bertz CT molecular complexity index is 784. The average Bonchev–Trinajstić information content (AvgIpc) is 2.41. The van der Waals surface area contributed by atoms with Crippen molar-refractivity contribution in [1.29, 1.82) is 0 Å². The maximum Gasteiger partial charge on any atom is 0.153 e. The molecule has 0 fully saturated rings. The highest BCUT2D eigenvalue weighted by atomic mass is 14.9. The van der Waals surface area contributed by atoms with Crippen molar-refractivity contribution in [3.05, 3.63) is 70.7 Å². The van der Waals surface area contributed by atoms with E-state index >= 15 is 0 Å². The molecule has 0 spiro atoms. The molecule has 0 N–H and O–H groups in total. The third-order valence-corrected chi connectivity index (χ3v) is 3.07. The Morgan fingerprint density at radius 3 is 2.63 bits per heavy atom. The smallest absolute Gasteiger partial charge is 0.153 e. The molecule has 2 nitrogen and oxygen atoms in total. The number of aliphatic imine (C=N–C) groups is 1. The molecule has 0 saturated heterocycles. The van der Waals surface area contributed by atoms with Gasteiger partial charge in [-0.25, -0.2) is 9.98 Å². The molecule has 0 atom stereocenters. The zero-order valence-corrected chi connectivity index (χ0v) is 10.8. The largest absolute Gasteiger partial charge is 0.229 e. The van der Waals surface area contributed by atoms with Gasteiger partial charge in [-0.1, -0.05) is 30.8 Å². The summed E-state index contributed by atoms with van der Waals surface area (Å²) in [7, 11) is 0. The van der Waals surface area contributed by atoms with Crippen LogP contribution < -0.4 is 10.6 Å². The van der Waals surface area contributed by atoms with Gasteiger partial charge in [-0.3, -0.25) is 0 Å². The summed E-state index contributed by atoms with van der Waals surface area (Å²) < 4.78 is 0. The Kier molecular flexibility index (Phi) is 2.84. The number of rotatable bonds is 1. The fraction of sp³-hybridized carbons (Fsp3) is 0.0588. The summed E-state index contributed by atoms with van der Waals surface area (Å²) in [5, 5.41) is 1.97. The molecule has 2 heteroatoms. The molecule has 3 rings (SSSR count). The quantitative estimate of drug-likeness (QED) is 0.739. The van der Waals surface area contributed by atoms with Crippen LogP contribution in [0.1, 0.15) is 12.5 Å². The number of fused-ring (bicyclic) bond motifs is 1. The number of benzene rings is 2. The van der Waals surface area contributed by atoms with Gasteiger partial charge in [-0.15, -0.1) is 0 Å². The minimum atomic E-state index is 0.744. The van der Waals surface area contributed by atoms with E-state index in [-0.39, 0.29) is 0 Å². The molecule has 19 heavy (non-hydrogen) atoms. The fourth-order valence-electron chi connectivity index (χ4n) is 2.12. The van der Waals surface area contributed by atoms with Crippen molar-refractivity contribution >= 4 is 23.7 Å². The summed E-state index contributed by atoms with van der Waals surface area (Å²) in [6, 6.07) is 15.9. The lowest BCUT2D eigenvalue weighted by atomic mass is 10.0. The molecule has 2 aromatic rings. The van der Waals surface area contributed by atoms with E-state index in [1.807, 2.05) is 48.5 Å². The zero-order valence-electron chi connectivity index (χ0n) is 10.8. The van der Waals surface area contributed by atoms with E-state index in [9.17, 15) is 0 Å². The van der Waals surface area contributed by atoms with Gasteiger partial charge in [0.05, 0.1) is 11.0 Å². The second kappa shape index (κ2) is 4.65. The van der Waals surface area contributed by atoms with Crippen LogP contribution in [0.25, 0.3) is 12.2 Å². The van der Waals surface area contributed by atoms with Crippen LogP contribution in [0.5, 0.6) is 0 Å². The summed E-state index contributed by atoms with van der Waals surface area (Å²) in [5.74, 6) is 0.744. The SMILES string of the molecule is C=c1ccc2c(c1)C(C)=CC(=Nc1ccccc1)N=2. The molecular formula is C17H14N2. The van der Waals surface area contributed by atoms with Gasteiger partial charge in [-0.2, -0.15) is 0 Å². The summed E-state index contributed by atoms with van der Waals surface area (Å²) in [6.45, 7) is 6.03. The maximum absolute atomic E-state index is 4.58. The first kappa shape index (κ1) is 11.6. The lowest BCUT2D eigenvalue weighted by Gasteiger charge is -2.08. The molecule has 0 aromatic heterocycles. The average molecular weight is 246 g/mol. The van der Waals surface area contributed by atoms with Crippen molar-refractivity contribution in [1.82, 2.24) is 0 Å². The van der Waals surface area contributed by atoms with Crippen LogP contribution in [-0.4, -0.2) is 5.84 Å². The van der Waals surface area contributed by atoms with Crippen LogP contribution in [0, 0.1) is 0 Å². The van der Waals surface area contributed by atoms with Crippen LogP contribution in [0.2, 0.25) is 0 Å². The Morgan fingerprint density at radius 1 is 1.05 bits per heavy atom. The second-order valence-corrected chi connectivity index (χ2v) is 4.60. The molecule has 0 unspecified atom stereocenters. The maximum atomic E-state index is 4.58. The Morgan fingerprint density at radius 2 is 1.84 bits per heavy atom. The highest BCUT2D eigenvalue weighted by molar-refractivity contribution is 6.02. The first-order chi connectivity index (χ1) is 9.22. The number of amidine groups is 1. The van der Waals surface area contributed by atoms with Crippen LogP contribution >= 0.6 is 0 Å². The van der Waals surface area contributed by atoms with Crippen molar-refractivity contribution in [3.8, 4) is 0 Å². The van der Waals surface area contributed by atoms with Crippen molar-refractivity contribution in [3.63, 3.8) is 0 Å². The topological polar surface area (TPSA) is 24.7 Å². The van der Waals surface area contributed by atoms with E-state index in [2.05, 4.69) is 29.6 Å². The van der Waals surface area contributed by atoms with Crippen LogP contribution in [0.4, 0.5) is 5.69 Å². The van der Waals surface area contributed by atoms with Crippen LogP contribution in [0.15, 0.2) is 64.6 Å². The number of hydrogen-bond acceptors (Lipinski definition) is 1. The molecule has 0 bridgehead atoms. The molecule has 0 saturated carbocycles. The first-order valence-electron chi connectivity index (χ1n) is 6.22. The Hall–Kier alpha value is -2.48. The zero-order chi connectivity index (χ0) is 13.2. The number of nitrogens with zero attached hydrogens (tertiary/aromatic N) is 2. The fourth-order valence-corrected chi connectivity index (χ4v) is 2.12. The first-order valence-corrected chi connectivity index (χ1v) is 6.22. The van der Waals surface area contributed by atoms with Gasteiger partial charge in [0.25, 0.3) is 0 Å². The summed E-state index contributed by atoms with van der Waals surface area (Å²) >= 11 is 0. The highest BCUT2D eigenvalue weighted by Crippen LogP contribution is 2.15. The van der Waals surface area contributed by atoms with Gasteiger partial charge in [0.1, 0.15) is 0 Å². The molecule has 1 aliphatic heterocycles. The van der Waals surface area contributed by atoms with E-state index < -0.39 is 0 Å². The van der Waals surface area contributed by atoms with Crippen molar-refractivity contribution < 1.29 is 0 Å². The molecule has 1 heterocycles. The van der Waals surface area contributed by atoms with Gasteiger partial charge < -0.3 is 0 Å². The summed E-state index contributed by atoms with van der Waals surface area (Å²) in [5.41, 5.74) is 3.23. The van der Waals surface area contributed by atoms with Gasteiger partial charge in [0, 0.05) is 5.56 Å². The van der Waals surface area contributed by atoms with Crippen molar-refractivity contribution in [2.75, 3.05) is 0 Å². The minimum Gasteiger partial charge on any atom is -0.229 e. The molecule has 92 valence electrons. The molecule has 1 aliphatic rings. The van der Waals surface area contributed by atoms with Gasteiger partial charge in [0.15, 0.2) is 5.84 Å². The second-order valence-electron chi connectivity index (χ2n) is 4.60. The highest BCUT2D eigenvalue weighted by Gasteiger charge is 2.07. The van der Waals surface area contributed by atoms with Crippen molar-refractivity contribution in [2.45, 2.75) is 6.92 Å². The Labute approximate surface area is 112 Å². The number of para-hydroxylation sites is 1. The monoisotopic (exact) mass is 246 g/mol. The van der Waals surface area contributed by atoms with Crippen LogP contribution in [-0.2, 0) is 0 Å². The lowest BCUT2D eigenvalue weighted by Crippen LogP contribution is -2.18.